The van der Waals surface area contributed by atoms with Crippen LogP contribution < -0.4 is 10.1 Å². The van der Waals surface area contributed by atoms with Gasteiger partial charge in [0.1, 0.15) is 17.4 Å². The van der Waals surface area contributed by atoms with Crippen molar-refractivity contribution in [2.75, 3.05) is 13.2 Å². The predicted octanol–water partition coefficient (Wildman–Crippen LogP) is 4.22. The van der Waals surface area contributed by atoms with E-state index in [-0.39, 0.29) is 41.3 Å². The number of carbonyl (C=O) groups is 1. The van der Waals surface area contributed by atoms with Gasteiger partial charge in [-0.3, -0.25) is 4.79 Å². The number of thioether (sulfide) groups is 1. The largest absolute Gasteiger partial charge is 0.492 e. The summed E-state index contributed by atoms with van der Waals surface area (Å²) in [5, 5.41) is 2.38. The molecule has 0 unspecified atom stereocenters. The van der Waals surface area contributed by atoms with E-state index in [0.717, 1.165) is 12.1 Å². The molecule has 2 rings (SSSR count). The highest BCUT2D eigenvalue weighted by Gasteiger charge is 2.30. The van der Waals surface area contributed by atoms with Gasteiger partial charge in [0.25, 0.3) is 11.7 Å². The molecule has 10 heteroatoms. The Labute approximate surface area is 149 Å². The van der Waals surface area contributed by atoms with Gasteiger partial charge >= 0.3 is 6.18 Å². The van der Waals surface area contributed by atoms with Crippen LogP contribution in [0.4, 0.5) is 22.0 Å². The highest BCUT2D eigenvalue weighted by molar-refractivity contribution is 7.99. The minimum absolute atomic E-state index is 0.00527. The number of hydrogen-bond acceptors (Lipinski definition) is 4. The van der Waals surface area contributed by atoms with E-state index in [2.05, 4.69) is 10.3 Å². The van der Waals surface area contributed by atoms with Gasteiger partial charge in [-0.15, -0.1) is 0 Å². The number of amides is 1. The van der Waals surface area contributed by atoms with E-state index in [1.54, 1.807) is 0 Å². The third kappa shape index (κ3) is 5.87. The van der Waals surface area contributed by atoms with Crippen molar-refractivity contribution in [1.82, 2.24) is 10.3 Å². The average Bonchev–Trinajstić information content (AvgIpc) is 2.58. The molecule has 0 aliphatic carbocycles. The van der Waals surface area contributed by atoms with E-state index in [1.165, 1.54) is 30.5 Å². The fraction of sp³-hybridized carbons (Fsp3) is 0.250. The van der Waals surface area contributed by atoms with E-state index in [9.17, 15) is 26.7 Å². The van der Waals surface area contributed by atoms with E-state index in [1.807, 2.05) is 0 Å². The maximum Gasteiger partial charge on any atom is 0.416 e. The molecule has 0 atom stereocenters. The van der Waals surface area contributed by atoms with Gasteiger partial charge in [0.05, 0.1) is 17.7 Å². The second-order valence-electron chi connectivity index (χ2n) is 4.86. The molecule has 26 heavy (non-hydrogen) atoms. The van der Waals surface area contributed by atoms with Crippen molar-refractivity contribution in [1.29, 1.82) is 0 Å². The van der Waals surface area contributed by atoms with Crippen molar-refractivity contribution in [3.8, 4) is 5.75 Å². The number of nitrogens with zero attached hydrogens (tertiary/aromatic N) is 1. The molecule has 0 aliphatic rings. The lowest BCUT2D eigenvalue weighted by molar-refractivity contribution is -0.137. The molecular weight excluding hydrogens is 379 g/mol. The average molecular weight is 392 g/mol. The number of pyridine rings is 1. The quantitative estimate of drug-likeness (QED) is 0.435. The van der Waals surface area contributed by atoms with Crippen LogP contribution in [0.2, 0.25) is 0 Å². The van der Waals surface area contributed by atoms with Crippen molar-refractivity contribution in [3.05, 3.63) is 53.7 Å². The summed E-state index contributed by atoms with van der Waals surface area (Å²) in [6, 6.07) is 6.92. The number of ether oxygens (including phenoxy) is 1. The molecule has 0 radical (unpaired) electrons. The zero-order valence-electron chi connectivity index (χ0n) is 13.1. The van der Waals surface area contributed by atoms with E-state index >= 15 is 0 Å². The van der Waals surface area contributed by atoms with Gasteiger partial charge in [0, 0.05) is 6.20 Å². The molecular formula is C16H13F5N2O2S. The number of nitrogens with one attached hydrogen (secondary N) is 1. The Morgan fingerprint density at radius 3 is 2.50 bits per heavy atom. The molecule has 4 nitrogen and oxygen atoms in total. The summed E-state index contributed by atoms with van der Waals surface area (Å²) in [5.41, 5.74) is -0.786. The lowest BCUT2D eigenvalue weighted by atomic mass is 10.2. The summed E-state index contributed by atoms with van der Waals surface area (Å²) >= 11 is 0.164. The zero-order valence-corrected chi connectivity index (χ0v) is 13.9. The molecule has 1 heterocycles. The molecule has 1 aromatic heterocycles. The van der Waals surface area contributed by atoms with Crippen LogP contribution in [0.3, 0.4) is 0 Å². The molecule has 0 fully saturated rings. The number of alkyl halides is 5. The number of carbonyl (C=O) groups excluding carboxylic acids is 1. The van der Waals surface area contributed by atoms with Gasteiger partial charge in [-0.25, -0.2) is 4.98 Å². The molecule has 2 aromatic rings. The van der Waals surface area contributed by atoms with Crippen LogP contribution in [0, 0.1) is 0 Å². The Kier molecular flexibility index (Phi) is 6.78. The first-order valence-corrected chi connectivity index (χ1v) is 8.13. The number of halogens is 5. The summed E-state index contributed by atoms with van der Waals surface area (Å²) in [6.45, 7) is 0.0300. The highest BCUT2D eigenvalue weighted by Crippen LogP contribution is 2.30. The highest BCUT2D eigenvalue weighted by atomic mass is 32.2. The lowest BCUT2D eigenvalue weighted by Crippen LogP contribution is -2.28. The van der Waals surface area contributed by atoms with Crippen molar-refractivity contribution in [2.45, 2.75) is 17.0 Å². The summed E-state index contributed by atoms with van der Waals surface area (Å²) in [7, 11) is 0. The summed E-state index contributed by atoms with van der Waals surface area (Å²) in [5.74, 6) is -3.10. The Morgan fingerprint density at radius 1 is 1.19 bits per heavy atom. The molecule has 1 amide bonds. The first-order chi connectivity index (χ1) is 12.3. The molecule has 0 aliphatic heterocycles. The van der Waals surface area contributed by atoms with Gasteiger partial charge in [0.2, 0.25) is 0 Å². The van der Waals surface area contributed by atoms with Gasteiger partial charge in [-0.2, -0.15) is 22.0 Å². The van der Waals surface area contributed by atoms with Crippen molar-refractivity contribution in [3.63, 3.8) is 0 Å². The summed E-state index contributed by atoms with van der Waals surface area (Å²) in [6.07, 6.45) is -3.13. The van der Waals surface area contributed by atoms with Gasteiger partial charge in [-0.1, -0.05) is 0 Å². The van der Waals surface area contributed by atoms with E-state index in [0.29, 0.717) is 0 Å². The maximum atomic E-state index is 12.5. The predicted molar refractivity (Wildman–Crippen MR) is 85.4 cm³/mol. The molecule has 140 valence electrons. The SMILES string of the molecule is O=C(NCCOc1ccc(C(F)(F)F)cc1)c1cccnc1SC(F)F. The van der Waals surface area contributed by atoms with Crippen molar-refractivity contribution in [2.24, 2.45) is 0 Å². The third-order valence-corrected chi connectivity index (χ3v) is 3.78. The Morgan fingerprint density at radius 2 is 1.88 bits per heavy atom. The molecule has 0 saturated carbocycles. The Hall–Kier alpha value is -2.36. The van der Waals surface area contributed by atoms with E-state index in [4.69, 9.17) is 4.74 Å². The first-order valence-electron chi connectivity index (χ1n) is 7.25. The molecule has 1 aromatic carbocycles. The zero-order chi connectivity index (χ0) is 19.2. The molecule has 0 bridgehead atoms. The first kappa shape index (κ1) is 20.0. The monoisotopic (exact) mass is 392 g/mol. The molecule has 0 spiro atoms. The lowest BCUT2D eigenvalue weighted by Gasteiger charge is -2.11. The van der Waals surface area contributed by atoms with Crippen LogP contribution in [0.25, 0.3) is 0 Å². The molecule has 0 saturated heterocycles. The standard InChI is InChI=1S/C16H13F5N2O2S/c17-15(18)26-14-12(2-1-7-23-14)13(24)22-8-9-25-11-5-3-10(4-6-11)16(19,20)21/h1-7,15H,8-9H2,(H,22,24). The van der Waals surface area contributed by atoms with Crippen LogP contribution in [-0.2, 0) is 6.18 Å². The number of aromatic nitrogens is 1. The second-order valence-corrected chi connectivity index (χ2v) is 5.84. The van der Waals surface area contributed by atoms with Crippen LogP contribution in [0.15, 0.2) is 47.6 Å². The topological polar surface area (TPSA) is 51.2 Å². The Balaban J connectivity index is 1.84. The van der Waals surface area contributed by atoms with Crippen molar-refractivity contribution < 1.29 is 31.5 Å². The van der Waals surface area contributed by atoms with Crippen LogP contribution in [0.1, 0.15) is 15.9 Å². The fourth-order valence-electron chi connectivity index (χ4n) is 1.91. The minimum atomic E-state index is -4.43. The number of hydrogen-bond donors (Lipinski definition) is 1. The summed E-state index contributed by atoms with van der Waals surface area (Å²) in [4.78, 5) is 15.8. The fourth-order valence-corrected chi connectivity index (χ4v) is 2.49. The second kappa shape index (κ2) is 8.84. The van der Waals surface area contributed by atoms with Gasteiger partial charge < -0.3 is 10.1 Å². The number of rotatable bonds is 7. The Bertz CT molecular complexity index is 738. The van der Waals surface area contributed by atoms with Crippen molar-refractivity contribution >= 4 is 17.7 Å². The number of benzene rings is 1. The van der Waals surface area contributed by atoms with E-state index < -0.39 is 23.4 Å². The maximum absolute atomic E-state index is 12.5. The van der Waals surface area contributed by atoms with Crippen LogP contribution in [0.5, 0.6) is 5.75 Å². The van der Waals surface area contributed by atoms with Crippen LogP contribution in [-0.4, -0.2) is 29.8 Å². The van der Waals surface area contributed by atoms with Gasteiger partial charge in [-0.05, 0) is 48.2 Å². The van der Waals surface area contributed by atoms with Gasteiger partial charge in [0.15, 0.2) is 0 Å². The smallest absolute Gasteiger partial charge is 0.416 e. The van der Waals surface area contributed by atoms with Crippen LogP contribution >= 0.6 is 11.8 Å². The molecule has 1 N–H and O–H groups in total. The summed E-state index contributed by atoms with van der Waals surface area (Å²) < 4.78 is 67.5. The third-order valence-electron chi connectivity index (χ3n) is 3.05. The normalized spacial score (nSPS) is 11.5. The minimum Gasteiger partial charge on any atom is -0.492 e.